The molecule has 0 radical (unpaired) electrons. The summed E-state index contributed by atoms with van der Waals surface area (Å²) in [5, 5.41) is 4.03. The van der Waals surface area contributed by atoms with E-state index in [2.05, 4.69) is 10.1 Å². The van der Waals surface area contributed by atoms with Gasteiger partial charge in [-0.2, -0.15) is 4.98 Å². The van der Waals surface area contributed by atoms with Gasteiger partial charge in [-0.1, -0.05) is 11.2 Å². The molecule has 3 aromatic rings. The van der Waals surface area contributed by atoms with Crippen molar-refractivity contribution in [1.82, 2.24) is 10.1 Å². The lowest BCUT2D eigenvalue weighted by molar-refractivity contribution is 0.354. The van der Waals surface area contributed by atoms with Crippen LogP contribution in [0.4, 0.5) is 0 Å². The Labute approximate surface area is 140 Å². The van der Waals surface area contributed by atoms with Gasteiger partial charge in [0.05, 0.1) is 27.8 Å². The second-order valence-electron chi connectivity index (χ2n) is 5.11. The van der Waals surface area contributed by atoms with Crippen LogP contribution in [0.15, 0.2) is 47.0 Å². The molecule has 0 saturated carbocycles. The van der Waals surface area contributed by atoms with Crippen molar-refractivity contribution in [3.8, 4) is 28.6 Å². The van der Waals surface area contributed by atoms with Crippen molar-refractivity contribution in [2.24, 2.45) is 0 Å². The number of hydrogen-bond donors (Lipinski definition) is 0. The number of methoxy groups -OCH3 is 3. The molecule has 0 saturated heterocycles. The number of nitrogens with zero attached hydrogens (tertiary/aromatic N) is 2. The lowest BCUT2D eigenvalue weighted by Gasteiger charge is -2.08. The van der Waals surface area contributed by atoms with Crippen molar-refractivity contribution in [2.75, 3.05) is 21.3 Å². The van der Waals surface area contributed by atoms with Gasteiger partial charge < -0.3 is 18.7 Å². The smallest absolute Gasteiger partial charge is 0.231 e. The normalized spacial score (nSPS) is 10.5. The summed E-state index contributed by atoms with van der Waals surface area (Å²) in [6.45, 7) is 0. The van der Waals surface area contributed by atoms with E-state index in [1.54, 1.807) is 21.3 Å². The summed E-state index contributed by atoms with van der Waals surface area (Å²) < 4.78 is 21.0. The minimum Gasteiger partial charge on any atom is -0.497 e. The highest BCUT2D eigenvalue weighted by Gasteiger charge is 2.11. The van der Waals surface area contributed by atoms with E-state index in [1.807, 2.05) is 42.5 Å². The maximum Gasteiger partial charge on any atom is 0.231 e. The minimum absolute atomic E-state index is 0.517. The van der Waals surface area contributed by atoms with Crippen LogP contribution in [0.1, 0.15) is 11.5 Å². The van der Waals surface area contributed by atoms with Crippen LogP contribution in [-0.2, 0) is 6.42 Å². The molecule has 6 nitrogen and oxygen atoms in total. The molecule has 0 amide bonds. The number of aromatic nitrogens is 2. The summed E-state index contributed by atoms with van der Waals surface area (Å²) >= 11 is 0. The third kappa shape index (κ3) is 3.32. The largest absolute Gasteiger partial charge is 0.497 e. The number of hydrogen-bond acceptors (Lipinski definition) is 6. The van der Waals surface area contributed by atoms with Crippen LogP contribution in [-0.4, -0.2) is 31.5 Å². The molecule has 0 fully saturated rings. The molecular formula is C18H18N2O4. The first-order valence-electron chi connectivity index (χ1n) is 7.41. The van der Waals surface area contributed by atoms with Crippen LogP contribution in [0.25, 0.3) is 11.4 Å². The molecule has 0 aliphatic heterocycles. The van der Waals surface area contributed by atoms with E-state index in [1.165, 1.54) is 0 Å². The number of rotatable bonds is 6. The van der Waals surface area contributed by atoms with E-state index in [4.69, 9.17) is 18.7 Å². The van der Waals surface area contributed by atoms with Gasteiger partial charge in [0, 0.05) is 5.56 Å². The Balaban J connectivity index is 1.78. The topological polar surface area (TPSA) is 66.6 Å². The third-order valence-electron chi connectivity index (χ3n) is 3.62. The maximum atomic E-state index is 5.35. The van der Waals surface area contributed by atoms with Crippen molar-refractivity contribution in [3.05, 3.63) is 53.9 Å². The predicted molar refractivity (Wildman–Crippen MR) is 88.6 cm³/mol. The highest BCUT2D eigenvalue weighted by atomic mass is 16.5. The Morgan fingerprint density at radius 1 is 0.875 bits per heavy atom. The quantitative estimate of drug-likeness (QED) is 0.692. The standard InChI is InChI=1S/C18H18N2O4/c1-21-14-7-5-13(6-8-14)18-19-17(24-20-18)11-12-4-9-15(22-2)16(10-12)23-3/h4-10H,11H2,1-3H3. The summed E-state index contributed by atoms with van der Waals surface area (Å²) in [4.78, 5) is 4.44. The van der Waals surface area contributed by atoms with Crippen LogP contribution in [0.2, 0.25) is 0 Å². The average molecular weight is 326 g/mol. The van der Waals surface area contributed by atoms with Crippen LogP contribution >= 0.6 is 0 Å². The minimum atomic E-state index is 0.517. The summed E-state index contributed by atoms with van der Waals surface area (Å²) in [6, 6.07) is 13.2. The van der Waals surface area contributed by atoms with E-state index in [0.717, 1.165) is 16.9 Å². The summed E-state index contributed by atoms with van der Waals surface area (Å²) in [5.74, 6) is 3.23. The van der Waals surface area contributed by atoms with Crippen molar-refractivity contribution < 1.29 is 18.7 Å². The van der Waals surface area contributed by atoms with Crippen molar-refractivity contribution in [2.45, 2.75) is 6.42 Å². The second-order valence-corrected chi connectivity index (χ2v) is 5.11. The molecule has 0 aliphatic carbocycles. The van der Waals surface area contributed by atoms with Crippen LogP contribution in [0.3, 0.4) is 0 Å². The van der Waals surface area contributed by atoms with Gasteiger partial charge in [-0.05, 0) is 42.0 Å². The van der Waals surface area contributed by atoms with E-state index in [-0.39, 0.29) is 0 Å². The zero-order valence-electron chi connectivity index (χ0n) is 13.8. The first-order chi connectivity index (χ1) is 11.7. The van der Waals surface area contributed by atoms with Gasteiger partial charge in [0.2, 0.25) is 11.7 Å². The first-order valence-corrected chi connectivity index (χ1v) is 7.41. The molecule has 0 atom stereocenters. The van der Waals surface area contributed by atoms with Crippen LogP contribution in [0.5, 0.6) is 17.2 Å². The summed E-state index contributed by atoms with van der Waals surface area (Å²) in [7, 11) is 4.84. The SMILES string of the molecule is COc1ccc(-c2noc(Cc3ccc(OC)c(OC)c3)n2)cc1. The van der Waals surface area contributed by atoms with Crippen molar-refractivity contribution in [3.63, 3.8) is 0 Å². The Bertz CT molecular complexity index is 812. The van der Waals surface area contributed by atoms with Gasteiger partial charge in [-0.25, -0.2) is 0 Å². The van der Waals surface area contributed by atoms with Gasteiger partial charge in [0.15, 0.2) is 11.5 Å². The molecule has 1 heterocycles. The monoisotopic (exact) mass is 326 g/mol. The van der Waals surface area contributed by atoms with E-state index in [0.29, 0.717) is 29.6 Å². The van der Waals surface area contributed by atoms with Gasteiger partial charge in [-0.15, -0.1) is 0 Å². The fraction of sp³-hybridized carbons (Fsp3) is 0.222. The zero-order valence-corrected chi connectivity index (χ0v) is 13.8. The lowest BCUT2D eigenvalue weighted by Crippen LogP contribution is -1.94. The van der Waals surface area contributed by atoms with Crippen molar-refractivity contribution >= 4 is 0 Å². The summed E-state index contributed by atoms with van der Waals surface area (Å²) in [6.07, 6.45) is 0.517. The van der Waals surface area contributed by atoms with Crippen molar-refractivity contribution in [1.29, 1.82) is 0 Å². The molecule has 0 aliphatic rings. The highest BCUT2D eigenvalue weighted by Crippen LogP contribution is 2.28. The van der Waals surface area contributed by atoms with Gasteiger partial charge in [0.25, 0.3) is 0 Å². The maximum absolute atomic E-state index is 5.35. The lowest BCUT2D eigenvalue weighted by atomic mass is 10.1. The Kier molecular flexibility index (Phi) is 4.65. The Morgan fingerprint density at radius 3 is 2.29 bits per heavy atom. The fourth-order valence-electron chi connectivity index (χ4n) is 2.35. The molecule has 2 aromatic carbocycles. The zero-order chi connectivity index (χ0) is 16.9. The molecule has 24 heavy (non-hydrogen) atoms. The second kappa shape index (κ2) is 7.04. The van der Waals surface area contributed by atoms with E-state index in [9.17, 15) is 0 Å². The molecule has 3 rings (SSSR count). The first kappa shape index (κ1) is 15.9. The predicted octanol–water partition coefficient (Wildman–Crippen LogP) is 3.35. The third-order valence-corrected chi connectivity index (χ3v) is 3.62. The molecule has 0 unspecified atom stereocenters. The highest BCUT2D eigenvalue weighted by molar-refractivity contribution is 5.55. The molecule has 124 valence electrons. The van der Waals surface area contributed by atoms with Gasteiger partial charge in [0.1, 0.15) is 5.75 Å². The number of ether oxygens (including phenoxy) is 3. The molecular weight excluding hydrogens is 308 g/mol. The molecule has 0 bridgehead atoms. The van der Waals surface area contributed by atoms with E-state index >= 15 is 0 Å². The molecule has 1 aromatic heterocycles. The fourth-order valence-corrected chi connectivity index (χ4v) is 2.35. The average Bonchev–Trinajstić information content (AvgIpc) is 3.10. The Hall–Kier alpha value is -3.02. The van der Waals surface area contributed by atoms with Gasteiger partial charge in [-0.3, -0.25) is 0 Å². The molecule has 0 N–H and O–H groups in total. The number of benzene rings is 2. The van der Waals surface area contributed by atoms with Gasteiger partial charge >= 0.3 is 0 Å². The summed E-state index contributed by atoms with van der Waals surface area (Å²) in [5.41, 5.74) is 1.87. The van der Waals surface area contributed by atoms with Crippen LogP contribution in [0, 0.1) is 0 Å². The van der Waals surface area contributed by atoms with Crippen LogP contribution < -0.4 is 14.2 Å². The molecule has 0 spiro atoms. The van der Waals surface area contributed by atoms with E-state index < -0.39 is 0 Å². The molecule has 6 heteroatoms. The Morgan fingerprint density at radius 2 is 1.62 bits per heavy atom.